The van der Waals surface area contributed by atoms with E-state index in [0.717, 1.165) is 13.0 Å². The molecule has 0 saturated carbocycles. The highest BCUT2D eigenvalue weighted by molar-refractivity contribution is 9.10. The molecular formula is C15H23BrN2. The maximum absolute atomic E-state index is 6.36. The number of nitrogens with zero attached hydrogens (tertiary/aromatic N) is 1. The second-order valence-corrected chi connectivity index (χ2v) is 6.15. The molecule has 18 heavy (non-hydrogen) atoms. The number of rotatable bonds is 3. The quantitative estimate of drug-likeness (QED) is 0.923. The van der Waals surface area contributed by atoms with Crippen LogP contribution in [-0.4, -0.2) is 24.0 Å². The molecule has 0 amide bonds. The van der Waals surface area contributed by atoms with Crippen LogP contribution < -0.4 is 5.73 Å². The summed E-state index contributed by atoms with van der Waals surface area (Å²) in [6, 6.07) is 7.31. The molecular weight excluding hydrogens is 288 g/mol. The first-order chi connectivity index (χ1) is 8.63. The molecule has 2 atom stereocenters. The SMILES string of the molecule is CCCN1CCCC(N)C1c1ccc(C)c(Br)c1. The second-order valence-electron chi connectivity index (χ2n) is 5.30. The van der Waals surface area contributed by atoms with Crippen molar-refractivity contribution >= 4 is 15.9 Å². The lowest BCUT2D eigenvalue weighted by Gasteiger charge is -2.40. The molecule has 1 heterocycles. The number of aryl methyl sites for hydroxylation is 1. The Bertz CT molecular complexity index is 403. The first-order valence-electron chi connectivity index (χ1n) is 6.89. The van der Waals surface area contributed by atoms with Gasteiger partial charge in [-0.3, -0.25) is 4.90 Å². The van der Waals surface area contributed by atoms with Gasteiger partial charge in [-0.2, -0.15) is 0 Å². The smallest absolute Gasteiger partial charge is 0.0499 e. The number of halogens is 1. The van der Waals surface area contributed by atoms with E-state index in [1.54, 1.807) is 0 Å². The van der Waals surface area contributed by atoms with Crippen LogP contribution in [0.4, 0.5) is 0 Å². The summed E-state index contributed by atoms with van der Waals surface area (Å²) in [5.41, 5.74) is 9.00. The molecule has 1 aromatic carbocycles. The van der Waals surface area contributed by atoms with Crippen molar-refractivity contribution in [1.29, 1.82) is 0 Å². The molecule has 1 saturated heterocycles. The summed E-state index contributed by atoms with van der Waals surface area (Å²) in [5, 5.41) is 0. The van der Waals surface area contributed by atoms with Crippen LogP contribution in [0.15, 0.2) is 22.7 Å². The standard InChI is InChI=1S/C15H23BrN2/c1-3-8-18-9-4-5-14(17)15(18)12-7-6-11(2)13(16)10-12/h6-7,10,14-15H,3-5,8-9,17H2,1-2H3. The van der Waals surface area contributed by atoms with E-state index in [1.807, 2.05) is 0 Å². The normalized spacial score (nSPS) is 25.3. The molecule has 1 aromatic rings. The molecule has 2 nitrogen and oxygen atoms in total. The van der Waals surface area contributed by atoms with Gasteiger partial charge in [-0.15, -0.1) is 0 Å². The van der Waals surface area contributed by atoms with E-state index in [-0.39, 0.29) is 6.04 Å². The minimum absolute atomic E-state index is 0.264. The minimum Gasteiger partial charge on any atom is -0.326 e. The van der Waals surface area contributed by atoms with Gasteiger partial charge >= 0.3 is 0 Å². The lowest BCUT2D eigenvalue weighted by molar-refractivity contribution is 0.128. The van der Waals surface area contributed by atoms with E-state index in [0.29, 0.717) is 6.04 Å². The molecule has 0 aliphatic carbocycles. The monoisotopic (exact) mass is 310 g/mol. The average Bonchev–Trinajstić information content (AvgIpc) is 2.34. The number of nitrogens with two attached hydrogens (primary N) is 1. The van der Waals surface area contributed by atoms with Crippen molar-refractivity contribution in [1.82, 2.24) is 4.90 Å². The molecule has 3 heteroatoms. The van der Waals surface area contributed by atoms with E-state index in [9.17, 15) is 0 Å². The van der Waals surface area contributed by atoms with Crippen LogP contribution in [0.25, 0.3) is 0 Å². The van der Waals surface area contributed by atoms with Crippen molar-refractivity contribution in [3.05, 3.63) is 33.8 Å². The molecule has 1 aliphatic rings. The number of hydrogen-bond donors (Lipinski definition) is 1. The molecule has 1 fully saturated rings. The molecule has 0 radical (unpaired) electrons. The Morgan fingerprint density at radius 2 is 2.22 bits per heavy atom. The lowest BCUT2D eigenvalue weighted by Crippen LogP contribution is -2.46. The summed E-state index contributed by atoms with van der Waals surface area (Å²) < 4.78 is 1.19. The van der Waals surface area contributed by atoms with Gasteiger partial charge in [0.1, 0.15) is 0 Å². The van der Waals surface area contributed by atoms with Crippen LogP contribution in [0.1, 0.15) is 43.4 Å². The summed E-state index contributed by atoms with van der Waals surface area (Å²) in [6.45, 7) is 6.68. The van der Waals surface area contributed by atoms with Gasteiger partial charge in [0.05, 0.1) is 0 Å². The molecule has 2 rings (SSSR count). The van der Waals surface area contributed by atoms with Crippen molar-refractivity contribution in [2.75, 3.05) is 13.1 Å². The van der Waals surface area contributed by atoms with Crippen molar-refractivity contribution in [2.45, 2.75) is 45.2 Å². The highest BCUT2D eigenvalue weighted by atomic mass is 79.9. The van der Waals surface area contributed by atoms with E-state index in [1.165, 1.54) is 35.0 Å². The zero-order chi connectivity index (χ0) is 13.1. The average molecular weight is 311 g/mol. The third kappa shape index (κ3) is 2.95. The third-order valence-electron chi connectivity index (χ3n) is 3.83. The highest BCUT2D eigenvalue weighted by Crippen LogP contribution is 2.32. The number of benzene rings is 1. The first kappa shape index (κ1) is 14.0. The molecule has 2 N–H and O–H groups in total. The largest absolute Gasteiger partial charge is 0.326 e. The van der Waals surface area contributed by atoms with Gasteiger partial charge < -0.3 is 5.73 Å². The second kappa shape index (κ2) is 6.18. The fraction of sp³-hybridized carbons (Fsp3) is 0.600. The molecule has 100 valence electrons. The zero-order valence-electron chi connectivity index (χ0n) is 11.3. The molecule has 0 spiro atoms. The molecule has 0 aromatic heterocycles. The Hall–Kier alpha value is -0.380. The summed E-state index contributed by atoms with van der Waals surface area (Å²) in [7, 11) is 0. The van der Waals surface area contributed by atoms with Gasteiger partial charge in [-0.25, -0.2) is 0 Å². The summed E-state index contributed by atoms with van der Waals surface area (Å²) in [6.07, 6.45) is 3.55. The Kier molecular flexibility index (Phi) is 4.82. The molecule has 0 bridgehead atoms. The van der Waals surface area contributed by atoms with Crippen molar-refractivity contribution in [3.8, 4) is 0 Å². The molecule has 2 unspecified atom stereocenters. The van der Waals surface area contributed by atoms with Crippen LogP contribution in [0.5, 0.6) is 0 Å². The molecule has 1 aliphatic heterocycles. The van der Waals surface area contributed by atoms with E-state index in [4.69, 9.17) is 5.73 Å². The Labute approximate surface area is 119 Å². The topological polar surface area (TPSA) is 29.3 Å². The van der Waals surface area contributed by atoms with Crippen LogP contribution in [0.3, 0.4) is 0 Å². The van der Waals surface area contributed by atoms with Crippen LogP contribution in [0.2, 0.25) is 0 Å². The van der Waals surface area contributed by atoms with Gasteiger partial charge in [0, 0.05) is 16.6 Å². The third-order valence-corrected chi connectivity index (χ3v) is 4.68. The van der Waals surface area contributed by atoms with Gasteiger partial charge in [0.25, 0.3) is 0 Å². The zero-order valence-corrected chi connectivity index (χ0v) is 12.9. The van der Waals surface area contributed by atoms with E-state index in [2.05, 4.69) is 52.9 Å². The maximum atomic E-state index is 6.36. The Morgan fingerprint density at radius 1 is 1.44 bits per heavy atom. The van der Waals surface area contributed by atoms with Crippen LogP contribution >= 0.6 is 15.9 Å². The Morgan fingerprint density at radius 3 is 2.89 bits per heavy atom. The number of piperidine rings is 1. The van der Waals surface area contributed by atoms with Crippen LogP contribution in [-0.2, 0) is 0 Å². The summed E-state index contributed by atoms with van der Waals surface area (Å²) in [5.74, 6) is 0. The van der Waals surface area contributed by atoms with Crippen LogP contribution in [0, 0.1) is 6.92 Å². The predicted octanol–water partition coefficient (Wildman–Crippen LogP) is 3.63. The summed E-state index contributed by atoms with van der Waals surface area (Å²) in [4.78, 5) is 2.55. The van der Waals surface area contributed by atoms with Gasteiger partial charge in [0.2, 0.25) is 0 Å². The van der Waals surface area contributed by atoms with Gasteiger partial charge in [-0.1, -0.05) is 35.0 Å². The van der Waals surface area contributed by atoms with E-state index >= 15 is 0 Å². The van der Waals surface area contributed by atoms with Gasteiger partial charge in [-0.05, 0) is 56.5 Å². The van der Waals surface area contributed by atoms with Crippen molar-refractivity contribution in [2.24, 2.45) is 5.73 Å². The Balaban J connectivity index is 2.28. The highest BCUT2D eigenvalue weighted by Gasteiger charge is 2.29. The first-order valence-corrected chi connectivity index (χ1v) is 7.68. The number of likely N-dealkylation sites (tertiary alicyclic amines) is 1. The van der Waals surface area contributed by atoms with Crippen molar-refractivity contribution < 1.29 is 0 Å². The predicted molar refractivity (Wildman–Crippen MR) is 80.7 cm³/mol. The van der Waals surface area contributed by atoms with E-state index < -0.39 is 0 Å². The lowest BCUT2D eigenvalue weighted by atomic mass is 9.90. The summed E-state index contributed by atoms with van der Waals surface area (Å²) >= 11 is 3.63. The number of hydrogen-bond acceptors (Lipinski definition) is 2. The fourth-order valence-electron chi connectivity index (χ4n) is 2.89. The maximum Gasteiger partial charge on any atom is 0.0499 e. The fourth-order valence-corrected chi connectivity index (χ4v) is 3.28. The van der Waals surface area contributed by atoms with Crippen molar-refractivity contribution in [3.63, 3.8) is 0 Å². The van der Waals surface area contributed by atoms with Gasteiger partial charge in [0.15, 0.2) is 0 Å². The minimum atomic E-state index is 0.264.